The minimum absolute atomic E-state index is 0.233. The Morgan fingerprint density at radius 2 is 2.21 bits per heavy atom. The quantitative estimate of drug-likeness (QED) is 0.467. The Balaban J connectivity index is 2.06. The van der Waals surface area contributed by atoms with E-state index in [1.807, 2.05) is 12.1 Å². The lowest BCUT2D eigenvalue weighted by molar-refractivity contribution is 0.0953. The first-order valence-corrected chi connectivity index (χ1v) is 6.94. The fraction of sp³-hybridized carbons (Fsp3) is 0.533. The monoisotopic (exact) mass is 261 g/mol. The highest BCUT2D eigenvalue weighted by Gasteiger charge is 2.29. The summed E-state index contributed by atoms with van der Waals surface area (Å²) >= 11 is 0. The molecule has 0 heterocycles. The molecule has 0 bridgehead atoms. The highest BCUT2D eigenvalue weighted by molar-refractivity contribution is 5.93. The molecule has 0 unspecified atom stereocenters. The molecule has 1 fully saturated rings. The lowest BCUT2D eigenvalue weighted by Gasteiger charge is -2.24. The van der Waals surface area contributed by atoms with Gasteiger partial charge >= 0.3 is 0 Å². The van der Waals surface area contributed by atoms with Crippen molar-refractivity contribution in [3.63, 3.8) is 0 Å². The van der Waals surface area contributed by atoms with E-state index < -0.39 is 0 Å². The molecule has 104 valence electrons. The SMILES string of the molecule is CC(C)CN(Cc1cccc(C(=O)NN)c1)C1CC1. The Labute approximate surface area is 114 Å². The van der Waals surface area contributed by atoms with E-state index in [9.17, 15) is 4.79 Å². The summed E-state index contributed by atoms with van der Waals surface area (Å²) in [6, 6.07) is 8.44. The van der Waals surface area contributed by atoms with E-state index in [0.717, 1.165) is 19.1 Å². The number of carbonyl (C=O) groups excluding carboxylic acids is 1. The van der Waals surface area contributed by atoms with Crippen molar-refractivity contribution in [3.8, 4) is 0 Å². The zero-order chi connectivity index (χ0) is 13.8. The molecule has 2 rings (SSSR count). The largest absolute Gasteiger partial charge is 0.296 e. The Morgan fingerprint density at radius 1 is 1.47 bits per heavy atom. The molecular weight excluding hydrogens is 238 g/mol. The number of nitrogens with two attached hydrogens (primary N) is 1. The number of hydrogen-bond donors (Lipinski definition) is 2. The maximum Gasteiger partial charge on any atom is 0.265 e. The molecule has 0 spiro atoms. The van der Waals surface area contributed by atoms with Gasteiger partial charge in [-0.2, -0.15) is 0 Å². The molecule has 1 aliphatic rings. The van der Waals surface area contributed by atoms with Crippen LogP contribution in [0.5, 0.6) is 0 Å². The van der Waals surface area contributed by atoms with E-state index in [1.54, 1.807) is 6.07 Å². The van der Waals surface area contributed by atoms with Crippen LogP contribution in [0.25, 0.3) is 0 Å². The van der Waals surface area contributed by atoms with Crippen molar-refractivity contribution < 1.29 is 4.79 Å². The smallest absolute Gasteiger partial charge is 0.265 e. The first kappa shape index (κ1) is 14.0. The van der Waals surface area contributed by atoms with Crippen molar-refractivity contribution in [1.82, 2.24) is 10.3 Å². The lowest BCUT2D eigenvalue weighted by Crippen LogP contribution is -2.31. The summed E-state index contributed by atoms with van der Waals surface area (Å²) in [7, 11) is 0. The van der Waals surface area contributed by atoms with Crippen molar-refractivity contribution in [2.24, 2.45) is 11.8 Å². The van der Waals surface area contributed by atoms with E-state index in [4.69, 9.17) is 5.84 Å². The molecule has 4 heteroatoms. The minimum atomic E-state index is -0.233. The lowest BCUT2D eigenvalue weighted by atomic mass is 10.1. The summed E-state index contributed by atoms with van der Waals surface area (Å²) in [6.45, 7) is 6.51. The van der Waals surface area contributed by atoms with E-state index in [-0.39, 0.29) is 5.91 Å². The van der Waals surface area contributed by atoms with E-state index in [1.165, 1.54) is 18.4 Å². The maximum atomic E-state index is 11.5. The molecule has 1 saturated carbocycles. The first-order valence-electron chi connectivity index (χ1n) is 6.94. The molecule has 19 heavy (non-hydrogen) atoms. The van der Waals surface area contributed by atoms with Gasteiger partial charge in [-0.25, -0.2) is 5.84 Å². The number of hydrogen-bond acceptors (Lipinski definition) is 3. The van der Waals surface area contributed by atoms with Gasteiger partial charge in [0.05, 0.1) is 0 Å². The van der Waals surface area contributed by atoms with Crippen LogP contribution in [0.4, 0.5) is 0 Å². The van der Waals surface area contributed by atoms with Crippen LogP contribution in [-0.2, 0) is 6.54 Å². The Bertz CT molecular complexity index is 441. The molecule has 4 nitrogen and oxygen atoms in total. The molecule has 1 aromatic carbocycles. The molecule has 0 radical (unpaired) electrons. The average Bonchev–Trinajstić information content (AvgIpc) is 3.21. The van der Waals surface area contributed by atoms with Crippen molar-refractivity contribution >= 4 is 5.91 Å². The van der Waals surface area contributed by atoms with Crippen LogP contribution in [-0.4, -0.2) is 23.4 Å². The molecular formula is C15H23N3O. The average molecular weight is 261 g/mol. The number of benzene rings is 1. The summed E-state index contributed by atoms with van der Waals surface area (Å²) in [6.07, 6.45) is 2.60. The molecule has 0 saturated heterocycles. The third-order valence-corrected chi connectivity index (χ3v) is 3.37. The third-order valence-electron chi connectivity index (χ3n) is 3.37. The van der Waals surface area contributed by atoms with Gasteiger partial charge in [0, 0.05) is 24.7 Å². The number of rotatable bonds is 6. The van der Waals surface area contributed by atoms with Crippen LogP contribution in [0, 0.1) is 5.92 Å². The van der Waals surface area contributed by atoms with Gasteiger partial charge in [-0.1, -0.05) is 26.0 Å². The summed E-state index contributed by atoms with van der Waals surface area (Å²) in [5.41, 5.74) is 3.98. The topological polar surface area (TPSA) is 58.4 Å². The summed E-state index contributed by atoms with van der Waals surface area (Å²) in [5.74, 6) is 5.60. The van der Waals surface area contributed by atoms with Crippen LogP contribution < -0.4 is 11.3 Å². The molecule has 0 aromatic heterocycles. The standard InChI is InChI=1S/C15H23N3O/c1-11(2)9-18(14-6-7-14)10-12-4-3-5-13(8-12)15(19)17-16/h3-5,8,11,14H,6-7,9-10,16H2,1-2H3,(H,17,19). The van der Waals surface area contributed by atoms with Crippen LogP contribution in [0.1, 0.15) is 42.6 Å². The second-order valence-electron chi connectivity index (χ2n) is 5.73. The summed E-state index contributed by atoms with van der Waals surface area (Å²) < 4.78 is 0. The zero-order valence-electron chi connectivity index (χ0n) is 11.7. The number of nitrogen functional groups attached to an aromatic ring is 1. The van der Waals surface area contributed by atoms with Crippen molar-refractivity contribution in [3.05, 3.63) is 35.4 Å². The number of amides is 1. The molecule has 0 atom stereocenters. The highest BCUT2D eigenvalue weighted by atomic mass is 16.2. The van der Waals surface area contributed by atoms with Crippen LogP contribution in [0.2, 0.25) is 0 Å². The fourth-order valence-electron chi connectivity index (χ4n) is 2.38. The van der Waals surface area contributed by atoms with Crippen LogP contribution in [0.15, 0.2) is 24.3 Å². The Hall–Kier alpha value is -1.39. The second kappa shape index (κ2) is 6.17. The molecule has 1 amide bonds. The van der Waals surface area contributed by atoms with Crippen molar-refractivity contribution in [2.75, 3.05) is 6.54 Å². The number of nitrogens with one attached hydrogen (secondary N) is 1. The second-order valence-corrected chi connectivity index (χ2v) is 5.73. The van der Waals surface area contributed by atoms with E-state index in [0.29, 0.717) is 11.5 Å². The van der Waals surface area contributed by atoms with Crippen LogP contribution in [0.3, 0.4) is 0 Å². The number of hydrazine groups is 1. The van der Waals surface area contributed by atoms with Crippen molar-refractivity contribution in [2.45, 2.75) is 39.3 Å². The van der Waals surface area contributed by atoms with Gasteiger partial charge in [-0.05, 0) is 36.5 Å². The van der Waals surface area contributed by atoms with E-state index >= 15 is 0 Å². The minimum Gasteiger partial charge on any atom is -0.296 e. The normalized spacial score (nSPS) is 15.0. The molecule has 3 N–H and O–H groups in total. The van der Waals surface area contributed by atoms with Gasteiger partial charge in [-0.3, -0.25) is 15.1 Å². The molecule has 1 aromatic rings. The number of carbonyl (C=O) groups is 1. The van der Waals surface area contributed by atoms with Gasteiger partial charge in [0.1, 0.15) is 0 Å². The summed E-state index contributed by atoms with van der Waals surface area (Å²) in [5, 5.41) is 0. The Kier molecular flexibility index (Phi) is 4.56. The fourth-order valence-corrected chi connectivity index (χ4v) is 2.38. The molecule has 1 aliphatic carbocycles. The predicted octanol–water partition coefficient (Wildman–Crippen LogP) is 1.91. The highest BCUT2D eigenvalue weighted by Crippen LogP contribution is 2.29. The first-order chi connectivity index (χ1) is 9.10. The van der Waals surface area contributed by atoms with Gasteiger partial charge in [0.2, 0.25) is 0 Å². The maximum absolute atomic E-state index is 11.5. The number of nitrogens with zero attached hydrogens (tertiary/aromatic N) is 1. The van der Waals surface area contributed by atoms with Gasteiger partial charge in [0.15, 0.2) is 0 Å². The third kappa shape index (κ3) is 4.04. The van der Waals surface area contributed by atoms with Gasteiger partial charge in [-0.15, -0.1) is 0 Å². The van der Waals surface area contributed by atoms with Crippen LogP contribution >= 0.6 is 0 Å². The molecule has 0 aliphatic heterocycles. The Morgan fingerprint density at radius 3 is 2.79 bits per heavy atom. The van der Waals surface area contributed by atoms with Crippen molar-refractivity contribution in [1.29, 1.82) is 0 Å². The van der Waals surface area contributed by atoms with Gasteiger partial charge in [0.25, 0.3) is 5.91 Å². The zero-order valence-corrected chi connectivity index (χ0v) is 11.7. The van der Waals surface area contributed by atoms with Gasteiger partial charge < -0.3 is 0 Å². The predicted molar refractivity (Wildman–Crippen MR) is 76.4 cm³/mol. The van der Waals surface area contributed by atoms with E-state index in [2.05, 4.69) is 30.2 Å². The summed E-state index contributed by atoms with van der Waals surface area (Å²) in [4.78, 5) is 14.0.